The number of hydrogen-bond donors (Lipinski definition) is 8. The van der Waals surface area contributed by atoms with E-state index in [1.807, 2.05) is 13.8 Å². The molecule has 0 bridgehead atoms. The summed E-state index contributed by atoms with van der Waals surface area (Å²) < 4.78 is 0. The second-order valence-electron chi connectivity index (χ2n) is 7.86. The summed E-state index contributed by atoms with van der Waals surface area (Å²) in [5, 5.41) is 47.4. The number of aliphatic carboxylic acids is 3. The predicted octanol–water partition coefficient (Wildman–Crippen LogP) is -1.32. The maximum Gasteiger partial charge on any atom is 0.320 e. The number of rotatable bonds is 15. The van der Waals surface area contributed by atoms with Crippen LogP contribution in [0.15, 0.2) is 0 Å². The molecule has 0 rings (SSSR count). The number of carboxylic acid groups (broad SMARTS) is 3. The summed E-state index contributed by atoms with van der Waals surface area (Å²) in [5.41, 5.74) is 15.7. The van der Waals surface area contributed by atoms with Crippen LogP contribution in [0, 0.1) is 17.8 Å². The molecule has 0 heterocycles. The van der Waals surface area contributed by atoms with Gasteiger partial charge >= 0.3 is 17.9 Å². The normalized spacial score (nSPS) is 14.2. The Morgan fingerprint density at radius 2 is 0.914 bits per heavy atom. The van der Waals surface area contributed by atoms with Gasteiger partial charge < -0.3 is 32.5 Å². The van der Waals surface area contributed by atoms with Gasteiger partial charge in [-0.3, -0.25) is 14.4 Å². The maximum atomic E-state index is 10.3. The third kappa shape index (κ3) is 32.9. The van der Waals surface area contributed by atoms with Crippen molar-refractivity contribution in [3.8, 4) is 0 Å². The van der Waals surface area contributed by atoms with Crippen molar-refractivity contribution in [1.29, 1.82) is 0 Å². The fraction of sp³-hybridized carbons (Fsp3) is 0.833. The molecule has 1 radical (unpaired) electrons. The Kier molecular flexibility index (Phi) is 34.6. The van der Waals surface area contributed by atoms with Gasteiger partial charge in [-0.05, 0) is 48.0 Å². The molecule has 17 heteroatoms. The first-order chi connectivity index (χ1) is 15.2. The van der Waals surface area contributed by atoms with Crippen LogP contribution in [0.3, 0.4) is 0 Å². The molecule has 0 aromatic rings. The summed E-state index contributed by atoms with van der Waals surface area (Å²) in [4.78, 5) is 39.0. The van der Waals surface area contributed by atoms with E-state index >= 15 is 0 Å². The van der Waals surface area contributed by atoms with Crippen LogP contribution in [0.2, 0.25) is 0 Å². The molecule has 0 aromatic heterocycles. The van der Waals surface area contributed by atoms with E-state index < -0.39 is 36.0 Å². The second-order valence-corrected chi connectivity index (χ2v) is 7.86. The quantitative estimate of drug-likeness (QED) is 0.0557. The summed E-state index contributed by atoms with van der Waals surface area (Å²) in [5.74, 6) is -2.81. The molecule has 0 saturated carbocycles. The van der Waals surface area contributed by atoms with Crippen LogP contribution in [-0.4, -0.2) is 86.0 Å². The van der Waals surface area contributed by atoms with Gasteiger partial charge in [0.1, 0.15) is 18.1 Å². The van der Waals surface area contributed by atoms with Gasteiger partial charge in [0.25, 0.3) is 0 Å². The van der Waals surface area contributed by atoms with Gasteiger partial charge in [-0.25, -0.2) is 20.3 Å². The maximum absolute atomic E-state index is 10.3. The van der Waals surface area contributed by atoms with E-state index in [9.17, 15) is 14.4 Å². The second kappa shape index (κ2) is 27.5. The minimum absolute atomic E-state index is 0. The molecule has 5 unspecified atom stereocenters. The molecule has 5 atom stereocenters. The van der Waals surface area contributed by atoms with Crippen molar-refractivity contribution >= 4 is 28.9 Å². The predicted molar refractivity (Wildman–Crippen MR) is 125 cm³/mol. The minimum atomic E-state index is -1.05. The van der Waals surface area contributed by atoms with Crippen LogP contribution < -0.4 is 17.2 Å². The molecule has 0 spiro atoms. The summed E-state index contributed by atoms with van der Waals surface area (Å²) in [6, 6.07) is -2.49. The van der Waals surface area contributed by atoms with Gasteiger partial charge in [0, 0.05) is 20.4 Å². The molecule has 35 heavy (non-hydrogen) atoms. The summed E-state index contributed by atoms with van der Waals surface area (Å²) in [7, 11) is 0. The van der Waals surface area contributed by atoms with Crippen LogP contribution in [0.1, 0.15) is 47.0 Å². The molecular formula is C18H43N3O12ReSi. The Bertz CT molecular complexity index is 505. The molecule has 11 N–H and O–H groups in total. The Labute approximate surface area is 222 Å². The molecule has 0 amide bonds. The van der Waals surface area contributed by atoms with E-state index in [1.165, 1.54) is 0 Å². The van der Waals surface area contributed by atoms with Crippen molar-refractivity contribution < 1.29 is 80.5 Å². The van der Waals surface area contributed by atoms with Gasteiger partial charge in [0.15, 0.2) is 0 Å². The topological polar surface area (TPSA) is 267 Å². The molecule has 0 aliphatic heterocycles. The first-order valence-electron chi connectivity index (χ1n) is 10.0. The Morgan fingerprint density at radius 1 is 0.657 bits per heavy atom. The van der Waals surface area contributed by atoms with Crippen LogP contribution >= 0.6 is 0 Å². The average Bonchev–Trinajstić information content (AvgIpc) is 2.70. The van der Waals surface area contributed by atoms with Crippen LogP contribution in [0.4, 0.5) is 0 Å². The van der Waals surface area contributed by atoms with E-state index in [0.717, 1.165) is 0 Å². The number of carbonyl (C=O) groups is 3. The van der Waals surface area contributed by atoms with Crippen LogP contribution in [-0.2, 0) is 54.7 Å². The first kappa shape index (κ1) is 44.0. The van der Waals surface area contributed by atoms with Gasteiger partial charge in [-0.2, -0.15) is 0 Å². The van der Waals surface area contributed by atoms with E-state index in [-0.39, 0.29) is 69.3 Å². The van der Waals surface area contributed by atoms with E-state index in [2.05, 4.69) is 19.9 Å². The zero-order valence-electron chi connectivity index (χ0n) is 19.7. The molecule has 0 aromatic carbocycles. The van der Waals surface area contributed by atoms with Crippen LogP contribution in [0.5, 0.6) is 0 Å². The zero-order valence-corrected chi connectivity index (χ0v) is 22.4. The SMILES string of the molecule is CC(C)CC(N)C(=O)O.CC(COOO)CC(N)C(=O)O.CC(COOO)CC(N)C(=O)O.[Re].[SiH4]. The fourth-order valence-electron chi connectivity index (χ4n) is 2.11. The molecule has 0 aliphatic rings. The van der Waals surface area contributed by atoms with Gasteiger partial charge in [-0.15, -0.1) is 0 Å². The van der Waals surface area contributed by atoms with E-state index in [4.69, 9.17) is 43.0 Å². The fourth-order valence-corrected chi connectivity index (χ4v) is 2.11. The van der Waals surface area contributed by atoms with Crippen molar-refractivity contribution in [1.82, 2.24) is 0 Å². The molecule has 0 aliphatic carbocycles. The summed E-state index contributed by atoms with van der Waals surface area (Å²) in [6.07, 6.45) is 1.10. The van der Waals surface area contributed by atoms with Gasteiger partial charge in [-0.1, -0.05) is 37.8 Å². The summed E-state index contributed by atoms with van der Waals surface area (Å²) in [6.45, 7) is 7.59. The molecule has 213 valence electrons. The Hall–Kier alpha value is -1.07. The van der Waals surface area contributed by atoms with E-state index in [0.29, 0.717) is 12.3 Å². The largest absolute Gasteiger partial charge is 0.480 e. The number of carboxylic acids is 3. The van der Waals surface area contributed by atoms with Gasteiger partial charge in [0.2, 0.25) is 0 Å². The molecule has 15 nitrogen and oxygen atoms in total. The standard InChI is InChI=1S/2C6H13NO5.C6H13NO2.Re.H4Si/c2*1-4(3-11-12-10)2-5(7)6(8)9;1-4(2)3-5(7)6(8)9;;/h2*4-5,10H,2-3,7H2,1H3,(H,8,9);4-5H,3,7H2,1-2H3,(H,8,9);;1H4. The molecular weight excluding hydrogens is 665 g/mol. The monoisotopic (exact) mass is 708 g/mol. The van der Waals surface area contributed by atoms with Crippen molar-refractivity contribution in [3.05, 3.63) is 0 Å². The molecule has 0 fully saturated rings. The van der Waals surface area contributed by atoms with E-state index in [1.54, 1.807) is 13.8 Å². The zero-order chi connectivity index (χ0) is 26.6. The number of hydrogen-bond acceptors (Lipinski definition) is 12. The first-order valence-corrected chi connectivity index (χ1v) is 10.0. The Balaban J connectivity index is -0.000000126. The summed E-state index contributed by atoms with van der Waals surface area (Å²) >= 11 is 0. The molecule has 0 saturated heterocycles. The van der Waals surface area contributed by atoms with Crippen molar-refractivity contribution in [3.63, 3.8) is 0 Å². The number of nitrogens with two attached hydrogens (primary N) is 3. The van der Waals surface area contributed by atoms with Crippen molar-refractivity contribution in [2.45, 2.75) is 65.1 Å². The van der Waals surface area contributed by atoms with Crippen molar-refractivity contribution in [2.24, 2.45) is 35.0 Å². The van der Waals surface area contributed by atoms with Crippen LogP contribution in [0.25, 0.3) is 0 Å². The minimum Gasteiger partial charge on any atom is -0.480 e. The third-order valence-corrected chi connectivity index (χ3v) is 3.80. The average molecular weight is 708 g/mol. The van der Waals surface area contributed by atoms with Crippen molar-refractivity contribution in [2.75, 3.05) is 13.2 Å². The Morgan fingerprint density at radius 3 is 1.09 bits per heavy atom. The van der Waals surface area contributed by atoms with Gasteiger partial charge in [0.05, 0.1) is 13.2 Å². The smallest absolute Gasteiger partial charge is 0.320 e. The third-order valence-electron chi connectivity index (χ3n) is 3.80.